The number of likely N-dealkylation sites (tertiary alicyclic amines) is 1. The van der Waals surface area contributed by atoms with E-state index in [4.69, 9.17) is 4.52 Å². The van der Waals surface area contributed by atoms with Gasteiger partial charge in [-0.1, -0.05) is 17.3 Å². The van der Waals surface area contributed by atoms with E-state index in [0.717, 1.165) is 18.5 Å². The lowest BCUT2D eigenvalue weighted by atomic mass is 9.96. The first kappa shape index (κ1) is 17.3. The normalized spacial score (nSPS) is 17.1. The zero-order valence-corrected chi connectivity index (χ0v) is 14.8. The predicted molar refractivity (Wildman–Crippen MR) is 94.3 cm³/mol. The second-order valence-electron chi connectivity index (χ2n) is 6.57. The summed E-state index contributed by atoms with van der Waals surface area (Å²) in [5, 5.41) is 4.06. The van der Waals surface area contributed by atoms with Gasteiger partial charge in [-0.3, -0.25) is 9.78 Å². The van der Waals surface area contributed by atoms with Crippen LogP contribution in [0, 0.1) is 12.7 Å². The molecule has 0 N–H and O–H groups in total. The van der Waals surface area contributed by atoms with Gasteiger partial charge in [-0.2, -0.15) is 4.98 Å². The van der Waals surface area contributed by atoms with Gasteiger partial charge in [0.1, 0.15) is 11.5 Å². The molecule has 138 valence electrons. The summed E-state index contributed by atoms with van der Waals surface area (Å²) in [6, 6.07) is 6.03. The number of halogens is 1. The summed E-state index contributed by atoms with van der Waals surface area (Å²) in [6.07, 6.45) is 4.84. The molecule has 0 bridgehead atoms. The second-order valence-corrected chi connectivity index (χ2v) is 6.57. The Balaban J connectivity index is 1.51. The standard InChI is InChI=1S/C19H18FN5O2/c1-12-9-22-16(10-21-12)18-23-17(24-27-18)13-5-4-8-25(11-13)19(26)14-6-2-3-7-15(14)20/h2-3,6-7,9-10,13H,4-5,8,11H2,1H3/t13-/m0/s1. The van der Waals surface area contributed by atoms with E-state index in [0.29, 0.717) is 30.5 Å². The van der Waals surface area contributed by atoms with Crippen molar-refractivity contribution in [3.63, 3.8) is 0 Å². The third-order valence-electron chi connectivity index (χ3n) is 4.62. The Kier molecular flexibility index (Phi) is 4.62. The van der Waals surface area contributed by atoms with E-state index in [2.05, 4.69) is 20.1 Å². The highest BCUT2D eigenvalue weighted by atomic mass is 19.1. The van der Waals surface area contributed by atoms with Crippen LogP contribution < -0.4 is 0 Å². The van der Waals surface area contributed by atoms with Gasteiger partial charge in [0.05, 0.1) is 17.5 Å². The van der Waals surface area contributed by atoms with Crippen LogP contribution in [0.3, 0.4) is 0 Å². The number of aryl methyl sites for hydroxylation is 1. The van der Waals surface area contributed by atoms with Gasteiger partial charge < -0.3 is 9.42 Å². The Bertz CT molecular complexity index is 957. The lowest BCUT2D eigenvalue weighted by molar-refractivity contribution is 0.0699. The third-order valence-corrected chi connectivity index (χ3v) is 4.62. The summed E-state index contributed by atoms with van der Waals surface area (Å²) in [5.41, 5.74) is 1.39. The van der Waals surface area contributed by atoms with E-state index < -0.39 is 5.82 Å². The lowest BCUT2D eigenvalue weighted by Gasteiger charge is -2.31. The van der Waals surface area contributed by atoms with Crippen molar-refractivity contribution in [1.29, 1.82) is 0 Å². The van der Waals surface area contributed by atoms with E-state index in [1.54, 1.807) is 29.4 Å². The molecule has 1 aromatic carbocycles. The lowest BCUT2D eigenvalue weighted by Crippen LogP contribution is -2.39. The average molecular weight is 367 g/mol. The minimum atomic E-state index is -0.510. The highest BCUT2D eigenvalue weighted by Crippen LogP contribution is 2.27. The van der Waals surface area contributed by atoms with Crippen molar-refractivity contribution in [2.75, 3.05) is 13.1 Å². The fourth-order valence-electron chi connectivity index (χ4n) is 3.19. The van der Waals surface area contributed by atoms with Crippen LogP contribution in [0.25, 0.3) is 11.6 Å². The molecule has 0 radical (unpaired) electrons. The zero-order chi connectivity index (χ0) is 18.8. The summed E-state index contributed by atoms with van der Waals surface area (Å²) in [5.74, 6) is -0.0609. The van der Waals surface area contributed by atoms with Gasteiger partial charge in [-0.05, 0) is 31.9 Å². The first-order valence-corrected chi connectivity index (χ1v) is 8.78. The molecular formula is C19H18FN5O2. The van der Waals surface area contributed by atoms with E-state index >= 15 is 0 Å². The first-order valence-electron chi connectivity index (χ1n) is 8.78. The first-order chi connectivity index (χ1) is 13.1. The van der Waals surface area contributed by atoms with Crippen LogP contribution in [0.15, 0.2) is 41.2 Å². The van der Waals surface area contributed by atoms with E-state index in [1.165, 1.54) is 12.1 Å². The molecule has 1 saturated heterocycles. The Morgan fingerprint density at radius 3 is 2.89 bits per heavy atom. The number of amides is 1. The Morgan fingerprint density at radius 1 is 1.26 bits per heavy atom. The van der Waals surface area contributed by atoms with Crippen LogP contribution in [0.2, 0.25) is 0 Å². The molecule has 0 saturated carbocycles. The molecule has 7 nitrogen and oxygen atoms in total. The number of nitrogens with zero attached hydrogens (tertiary/aromatic N) is 5. The molecular weight excluding hydrogens is 349 g/mol. The molecule has 1 aliphatic rings. The quantitative estimate of drug-likeness (QED) is 0.707. The molecule has 0 aliphatic carbocycles. The number of piperidine rings is 1. The molecule has 2 aromatic heterocycles. The number of benzene rings is 1. The summed E-state index contributed by atoms with van der Waals surface area (Å²) < 4.78 is 19.3. The maximum absolute atomic E-state index is 13.9. The smallest absolute Gasteiger partial charge is 0.278 e. The number of rotatable bonds is 3. The largest absolute Gasteiger partial charge is 0.338 e. The number of carbonyl (C=O) groups is 1. The van der Waals surface area contributed by atoms with Gasteiger partial charge in [0, 0.05) is 25.2 Å². The summed E-state index contributed by atoms with van der Waals surface area (Å²) in [7, 11) is 0. The molecule has 4 rings (SSSR count). The van der Waals surface area contributed by atoms with Crippen LogP contribution in [0.1, 0.15) is 40.6 Å². The molecule has 3 heterocycles. The Labute approximate surface area is 155 Å². The van der Waals surface area contributed by atoms with Gasteiger partial charge in [-0.15, -0.1) is 0 Å². The van der Waals surface area contributed by atoms with Crippen molar-refractivity contribution in [2.45, 2.75) is 25.7 Å². The number of hydrogen-bond donors (Lipinski definition) is 0. The molecule has 1 amide bonds. The Morgan fingerprint density at radius 2 is 2.11 bits per heavy atom. The van der Waals surface area contributed by atoms with Gasteiger partial charge >= 0.3 is 0 Å². The Hall–Kier alpha value is -3.16. The predicted octanol–water partition coefficient (Wildman–Crippen LogP) is 2.99. The van der Waals surface area contributed by atoms with Crippen LogP contribution in [-0.4, -0.2) is 44.0 Å². The maximum Gasteiger partial charge on any atom is 0.278 e. The van der Waals surface area contributed by atoms with Gasteiger partial charge in [0.15, 0.2) is 5.82 Å². The van der Waals surface area contributed by atoms with E-state index in [1.807, 2.05) is 6.92 Å². The van der Waals surface area contributed by atoms with Crippen molar-refractivity contribution in [3.8, 4) is 11.6 Å². The molecule has 0 spiro atoms. The van der Waals surface area contributed by atoms with Crippen LogP contribution in [0.4, 0.5) is 4.39 Å². The molecule has 1 atom stereocenters. The van der Waals surface area contributed by atoms with Crippen LogP contribution >= 0.6 is 0 Å². The number of hydrogen-bond acceptors (Lipinski definition) is 6. The molecule has 3 aromatic rings. The molecule has 1 fully saturated rings. The van der Waals surface area contributed by atoms with Gasteiger partial charge in [-0.25, -0.2) is 9.37 Å². The summed E-state index contributed by atoms with van der Waals surface area (Å²) in [6.45, 7) is 2.85. The van der Waals surface area contributed by atoms with Crippen molar-refractivity contribution in [1.82, 2.24) is 25.0 Å². The number of carbonyl (C=O) groups excluding carboxylic acids is 1. The van der Waals surface area contributed by atoms with Gasteiger partial charge in [0.25, 0.3) is 11.8 Å². The summed E-state index contributed by atoms with van der Waals surface area (Å²) in [4.78, 5) is 27.1. The minimum absolute atomic E-state index is 0.0645. The highest BCUT2D eigenvalue weighted by molar-refractivity contribution is 5.94. The van der Waals surface area contributed by atoms with Crippen molar-refractivity contribution >= 4 is 5.91 Å². The fourth-order valence-corrected chi connectivity index (χ4v) is 3.19. The van der Waals surface area contributed by atoms with Crippen molar-refractivity contribution in [2.24, 2.45) is 0 Å². The van der Waals surface area contributed by atoms with Crippen LogP contribution in [-0.2, 0) is 0 Å². The topological polar surface area (TPSA) is 85.0 Å². The van der Waals surface area contributed by atoms with Crippen molar-refractivity contribution < 1.29 is 13.7 Å². The maximum atomic E-state index is 13.9. The van der Waals surface area contributed by atoms with Gasteiger partial charge in [0.2, 0.25) is 0 Å². The SMILES string of the molecule is Cc1cnc(-c2nc([C@H]3CCCN(C(=O)c4ccccc4F)C3)no2)cn1. The van der Waals surface area contributed by atoms with E-state index in [9.17, 15) is 9.18 Å². The number of aromatic nitrogens is 4. The fraction of sp³-hybridized carbons (Fsp3) is 0.316. The second kappa shape index (κ2) is 7.22. The summed E-state index contributed by atoms with van der Waals surface area (Å²) >= 11 is 0. The third kappa shape index (κ3) is 3.55. The molecule has 27 heavy (non-hydrogen) atoms. The average Bonchev–Trinajstić information content (AvgIpc) is 3.19. The zero-order valence-electron chi connectivity index (χ0n) is 14.8. The van der Waals surface area contributed by atoms with E-state index in [-0.39, 0.29) is 17.4 Å². The monoisotopic (exact) mass is 367 g/mol. The molecule has 0 unspecified atom stereocenters. The van der Waals surface area contributed by atoms with Crippen LogP contribution in [0.5, 0.6) is 0 Å². The molecule has 1 aliphatic heterocycles. The molecule has 8 heteroatoms. The minimum Gasteiger partial charge on any atom is -0.338 e. The van der Waals surface area contributed by atoms with Crippen molar-refractivity contribution in [3.05, 3.63) is 59.6 Å². The highest BCUT2D eigenvalue weighted by Gasteiger charge is 2.29.